The molecule has 0 radical (unpaired) electrons. The van der Waals surface area contributed by atoms with Crippen LogP contribution >= 0.6 is 0 Å². The van der Waals surface area contributed by atoms with Crippen LogP contribution in [0.25, 0.3) is 0 Å². The molecular formula is C12H17NO3. The quantitative estimate of drug-likeness (QED) is 0.727. The van der Waals surface area contributed by atoms with Crippen molar-refractivity contribution in [3.05, 3.63) is 12.2 Å². The zero-order chi connectivity index (χ0) is 11.6. The minimum absolute atomic E-state index is 0.310. The van der Waals surface area contributed by atoms with Crippen LogP contribution in [0.2, 0.25) is 0 Å². The fourth-order valence-corrected chi connectivity index (χ4v) is 2.65. The van der Waals surface area contributed by atoms with Gasteiger partial charge in [0.2, 0.25) is 0 Å². The molecular weight excluding hydrogens is 206 g/mol. The van der Waals surface area contributed by atoms with Crippen molar-refractivity contribution < 1.29 is 14.7 Å². The Kier molecular flexibility index (Phi) is 3.10. The molecule has 4 heteroatoms. The first-order valence-electron chi connectivity index (χ1n) is 5.73. The fraction of sp³-hybridized carbons (Fsp3) is 0.667. The summed E-state index contributed by atoms with van der Waals surface area (Å²) in [7, 11) is 0. The Labute approximate surface area is 94.9 Å². The van der Waals surface area contributed by atoms with Gasteiger partial charge in [0.15, 0.2) is 0 Å². The van der Waals surface area contributed by atoms with Crippen LogP contribution in [0.15, 0.2) is 12.2 Å². The number of likely N-dealkylation sites (tertiary alicyclic amines) is 1. The number of piperidine rings is 1. The second-order valence-corrected chi connectivity index (χ2v) is 4.93. The highest BCUT2D eigenvalue weighted by Gasteiger charge is 2.44. The van der Waals surface area contributed by atoms with Crippen molar-refractivity contribution in [1.82, 2.24) is 4.90 Å². The number of Topliss-reactive ketones (excluding diaryl/α,β-unsaturated/α-hetero) is 1. The summed E-state index contributed by atoms with van der Waals surface area (Å²) in [5, 5.41) is 8.46. The normalized spacial score (nSPS) is 24.9. The second-order valence-electron chi connectivity index (χ2n) is 4.93. The molecule has 2 fully saturated rings. The van der Waals surface area contributed by atoms with E-state index in [1.165, 1.54) is 6.08 Å². The maximum absolute atomic E-state index is 11.0. The van der Waals surface area contributed by atoms with E-state index in [-0.39, 0.29) is 0 Å². The summed E-state index contributed by atoms with van der Waals surface area (Å²) in [6.45, 7) is 2.67. The first kappa shape index (κ1) is 11.3. The van der Waals surface area contributed by atoms with Crippen LogP contribution in [0.1, 0.15) is 25.7 Å². The van der Waals surface area contributed by atoms with Crippen LogP contribution in [-0.4, -0.2) is 41.4 Å². The lowest BCUT2D eigenvalue weighted by molar-refractivity contribution is -0.135. The van der Waals surface area contributed by atoms with Crippen molar-refractivity contribution in [3.8, 4) is 0 Å². The highest BCUT2D eigenvalue weighted by molar-refractivity contribution is 5.86. The first-order chi connectivity index (χ1) is 7.60. The summed E-state index contributed by atoms with van der Waals surface area (Å²) in [5.74, 6) is -0.489. The zero-order valence-electron chi connectivity index (χ0n) is 9.32. The topological polar surface area (TPSA) is 57.6 Å². The molecule has 2 aliphatic rings. The number of hydrogen-bond acceptors (Lipinski definition) is 3. The van der Waals surface area contributed by atoms with Gasteiger partial charge in [0.05, 0.1) is 0 Å². The third-order valence-corrected chi connectivity index (χ3v) is 3.69. The summed E-state index contributed by atoms with van der Waals surface area (Å²) in [6.07, 6.45) is 6.58. The Balaban J connectivity index is 1.73. The van der Waals surface area contributed by atoms with E-state index < -0.39 is 5.97 Å². The number of carboxylic acid groups (broad SMARTS) is 1. The number of aliphatic carboxylic acids is 1. The van der Waals surface area contributed by atoms with Gasteiger partial charge in [-0.1, -0.05) is 6.08 Å². The van der Waals surface area contributed by atoms with E-state index in [1.807, 2.05) is 0 Å². The Morgan fingerprint density at radius 3 is 2.50 bits per heavy atom. The van der Waals surface area contributed by atoms with Gasteiger partial charge in [-0.15, -0.1) is 0 Å². The molecule has 1 spiro atoms. The van der Waals surface area contributed by atoms with Crippen molar-refractivity contribution >= 4 is 11.8 Å². The standard InChI is InChI=1S/C12H17NO3/c14-10-8-12(9-10)3-6-13(7-4-12)5-1-2-11(15)16/h1-2H,3-9H2,(H,15,16)/b2-1+. The molecule has 0 amide bonds. The van der Waals surface area contributed by atoms with Crippen LogP contribution in [0.5, 0.6) is 0 Å². The van der Waals surface area contributed by atoms with E-state index in [0.717, 1.165) is 38.8 Å². The number of rotatable bonds is 3. The first-order valence-corrected chi connectivity index (χ1v) is 5.73. The SMILES string of the molecule is O=C(O)/C=C/CN1CCC2(CC1)CC(=O)C2. The van der Waals surface area contributed by atoms with Gasteiger partial charge in [-0.3, -0.25) is 9.69 Å². The molecule has 0 aromatic rings. The number of carbonyl (C=O) groups excluding carboxylic acids is 1. The average molecular weight is 223 g/mol. The molecule has 1 N–H and O–H groups in total. The molecule has 1 saturated heterocycles. The van der Waals surface area contributed by atoms with Gasteiger partial charge in [-0.2, -0.15) is 0 Å². The molecule has 1 saturated carbocycles. The van der Waals surface area contributed by atoms with Gasteiger partial charge in [0.25, 0.3) is 0 Å². The number of ketones is 1. The van der Waals surface area contributed by atoms with E-state index in [2.05, 4.69) is 4.90 Å². The van der Waals surface area contributed by atoms with Crippen LogP contribution in [0, 0.1) is 5.41 Å². The molecule has 0 aromatic heterocycles. The van der Waals surface area contributed by atoms with E-state index >= 15 is 0 Å². The van der Waals surface area contributed by atoms with Crippen molar-refractivity contribution in [2.45, 2.75) is 25.7 Å². The second kappa shape index (κ2) is 4.37. The summed E-state index contributed by atoms with van der Waals surface area (Å²) in [5.41, 5.74) is 0.310. The van der Waals surface area contributed by atoms with E-state index in [0.29, 0.717) is 17.7 Å². The molecule has 2 rings (SSSR count). The van der Waals surface area contributed by atoms with Crippen molar-refractivity contribution in [2.75, 3.05) is 19.6 Å². The van der Waals surface area contributed by atoms with E-state index in [9.17, 15) is 9.59 Å². The zero-order valence-corrected chi connectivity index (χ0v) is 9.32. The Morgan fingerprint density at radius 2 is 2.00 bits per heavy atom. The minimum atomic E-state index is -0.891. The molecule has 16 heavy (non-hydrogen) atoms. The van der Waals surface area contributed by atoms with Gasteiger partial charge in [0.1, 0.15) is 5.78 Å². The lowest BCUT2D eigenvalue weighted by Gasteiger charge is -2.46. The van der Waals surface area contributed by atoms with Crippen LogP contribution in [0.4, 0.5) is 0 Å². The number of carbonyl (C=O) groups is 2. The van der Waals surface area contributed by atoms with Gasteiger partial charge < -0.3 is 5.11 Å². The monoisotopic (exact) mass is 223 g/mol. The van der Waals surface area contributed by atoms with Gasteiger partial charge >= 0.3 is 5.97 Å². The third-order valence-electron chi connectivity index (χ3n) is 3.69. The summed E-state index contributed by atoms with van der Waals surface area (Å²) >= 11 is 0. The third kappa shape index (κ3) is 2.50. The smallest absolute Gasteiger partial charge is 0.328 e. The maximum atomic E-state index is 11.0. The molecule has 88 valence electrons. The Bertz CT molecular complexity index is 317. The molecule has 0 aromatic carbocycles. The molecule has 1 aliphatic heterocycles. The van der Waals surface area contributed by atoms with Crippen LogP contribution in [-0.2, 0) is 9.59 Å². The predicted molar refractivity (Wildman–Crippen MR) is 59.1 cm³/mol. The van der Waals surface area contributed by atoms with Crippen molar-refractivity contribution in [3.63, 3.8) is 0 Å². The highest BCUT2D eigenvalue weighted by Crippen LogP contribution is 2.46. The number of nitrogens with zero attached hydrogens (tertiary/aromatic N) is 1. The summed E-state index contributed by atoms with van der Waals surface area (Å²) in [6, 6.07) is 0. The maximum Gasteiger partial charge on any atom is 0.328 e. The number of carboxylic acids is 1. The minimum Gasteiger partial charge on any atom is -0.478 e. The molecule has 0 atom stereocenters. The lowest BCUT2D eigenvalue weighted by atomic mass is 9.62. The molecule has 1 aliphatic carbocycles. The lowest BCUT2D eigenvalue weighted by Crippen LogP contribution is -2.47. The van der Waals surface area contributed by atoms with Gasteiger partial charge in [0, 0.05) is 25.5 Å². The Hall–Kier alpha value is -1.16. The average Bonchev–Trinajstić information content (AvgIpc) is 2.18. The molecule has 0 bridgehead atoms. The molecule has 0 unspecified atom stereocenters. The Morgan fingerprint density at radius 1 is 1.38 bits per heavy atom. The van der Waals surface area contributed by atoms with E-state index in [4.69, 9.17) is 5.11 Å². The molecule has 4 nitrogen and oxygen atoms in total. The van der Waals surface area contributed by atoms with Crippen LogP contribution < -0.4 is 0 Å². The van der Waals surface area contributed by atoms with Gasteiger partial charge in [-0.05, 0) is 31.3 Å². The summed E-state index contributed by atoms with van der Waals surface area (Å²) < 4.78 is 0. The molecule has 1 heterocycles. The van der Waals surface area contributed by atoms with Crippen LogP contribution in [0.3, 0.4) is 0 Å². The van der Waals surface area contributed by atoms with Crippen molar-refractivity contribution in [1.29, 1.82) is 0 Å². The van der Waals surface area contributed by atoms with Gasteiger partial charge in [-0.25, -0.2) is 4.79 Å². The largest absolute Gasteiger partial charge is 0.478 e. The fourth-order valence-electron chi connectivity index (χ4n) is 2.65. The number of hydrogen-bond donors (Lipinski definition) is 1. The summed E-state index contributed by atoms with van der Waals surface area (Å²) in [4.78, 5) is 23.5. The van der Waals surface area contributed by atoms with Crippen molar-refractivity contribution in [2.24, 2.45) is 5.41 Å². The highest BCUT2D eigenvalue weighted by atomic mass is 16.4. The predicted octanol–water partition coefficient (Wildman–Crippen LogP) is 1.07. The van der Waals surface area contributed by atoms with E-state index in [1.54, 1.807) is 6.08 Å².